The van der Waals surface area contributed by atoms with Crippen molar-refractivity contribution >= 4 is 46.3 Å². The number of thioether (sulfide) groups is 1. The lowest BCUT2D eigenvalue weighted by Gasteiger charge is -2.13. The highest BCUT2D eigenvalue weighted by molar-refractivity contribution is 8.18. The Morgan fingerprint density at radius 3 is 2.41 bits per heavy atom. The number of hydrogen-bond acceptors (Lipinski definition) is 7. The molecule has 0 saturated carbocycles. The third-order valence-corrected chi connectivity index (χ3v) is 6.12. The van der Waals surface area contributed by atoms with Gasteiger partial charge in [-0.2, -0.15) is 13.2 Å². The van der Waals surface area contributed by atoms with E-state index in [0.717, 1.165) is 18.2 Å². The number of benzene rings is 3. The summed E-state index contributed by atoms with van der Waals surface area (Å²) in [6, 6.07) is 12.5. The monoisotopic (exact) mass is 561 g/mol. The van der Waals surface area contributed by atoms with E-state index in [1.165, 1.54) is 36.4 Å². The van der Waals surface area contributed by atoms with Gasteiger partial charge in [-0.3, -0.25) is 29.4 Å². The van der Waals surface area contributed by atoms with Crippen LogP contribution in [0.25, 0.3) is 6.08 Å². The highest BCUT2D eigenvalue weighted by Crippen LogP contribution is 2.40. The Labute approximate surface area is 221 Å². The molecule has 0 unspecified atom stereocenters. The fraction of sp³-hybridized carbons (Fsp3) is 0.0800. The number of nitro benzene ring substituents is 1. The minimum Gasteiger partial charge on any atom is -0.449 e. The first kappa shape index (κ1) is 27.3. The largest absolute Gasteiger partial charge is 0.449 e. The smallest absolute Gasteiger partial charge is 0.416 e. The molecule has 1 heterocycles. The van der Waals surface area contributed by atoms with Crippen LogP contribution in [-0.4, -0.2) is 33.4 Å². The van der Waals surface area contributed by atoms with Gasteiger partial charge in [-0.1, -0.05) is 18.2 Å². The second-order valence-corrected chi connectivity index (χ2v) is 8.89. The summed E-state index contributed by atoms with van der Waals surface area (Å²) in [5.74, 6) is -2.53. The molecule has 200 valence electrons. The number of para-hydroxylation sites is 1. The van der Waals surface area contributed by atoms with Crippen LogP contribution in [0.4, 0.5) is 33.7 Å². The second-order valence-electron chi connectivity index (χ2n) is 7.90. The Kier molecular flexibility index (Phi) is 7.67. The number of carbonyl (C=O) groups is 3. The van der Waals surface area contributed by atoms with Crippen molar-refractivity contribution in [2.75, 3.05) is 11.9 Å². The average molecular weight is 561 g/mol. The molecule has 39 heavy (non-hydrogen) atoms. The SMILES string of the molecule is O=C(CN1C(=O)S/C(=C/c2ccccc2Oc2ccc(C(F)(F)F)cc2[N+](=O)[O-])C1=O)Nc1ccc(F)cc1. The number of nitro groups is 1. The fourth-order valence-corrected chi connectivity index (χ4v) is 4.22. The van der Waals surface area contributed by atoms with Gasteiger partial charge >= 0.3 is 11.9 Å². The van der Waals surface area contributed by atoms with Crippen LogP contribution in [0.3, 0.4) is 0 Å². The second kappa shape index (κ2) is 10.9. The van der Waals surface area contributed by atoms with Gasteiger partial charge < -0.3 is 10.1 Å². The molecule has 1 fully saturated rings. The highest BCUT2D eigenvalue weighted by atomic mass is 32.2. The summed E-state index contributed by atoms with van der Waals surface area (Å²) in [6.45, 7) is -0.616. The number of anilines is 1. The van der Waals surface area contributed by atoms with Crippen molar-refractivity contribution in [2.24, 2.45) is 0 Å². The summed E-state index contributed by atoms with van der Waals surface area (Å²) in [5.41, 5.74) is -1.71. The summed E-state index contributed by atoms with van der Waals surface area (Å²) in [5, 5.41) is 13.1. The van der Waals surface area contributed by atoms with Crippen molar-refractivity contribution in [3.63, 3.8) is 0 Å². The number of hydrogen-bond donors (Lipinski definition) is 1. The fourth-order valence-electron chi connectivity index (χ4n) is 3.39. The van der Waals surface area contributed by atoms with Gasteiger partial charge in [0.25, 0.3) is 11.1 Å². The maximum Gasteiger partial charge on any atom is 0.416 e. The van der Waals surface area contributed by atoms with E-state index in [4.69, 9.17) is 4.74 Å². The van der Waals surface area contributed by atoms with Crippen molar-refractivity contribution in [3.05, 3.63) is 98.7 Å². The molecule has 14 heteroatoms. The molecule has 3 aromatic carbocycles. The predicted molar refractivity (Wildman–Crippen MR) is 132 cm³/mol. The van der Waals surface area contributed by atoms with Crippen LogP contribution in [0, 0.1) is 15.9 Å². The number of imide groups is 1. The van der Waals surface area contributed by atoms with Gasteiger partial charge in [0.2, 0.25) is 11.7 Å². The van der Waals surface area contributed by atoms with E-state index in [1.807, 2.05) is 0 Å². The minimum absolute atomic E-state index is 0.0405. The third kappa shape index (κ3) is 6.41. The van der Waals surface area contributed by atoms with Crippen LogP contribution < -0.4 is 10.1 Å². The zero-order chi connectivity index (χ0) is 28.3. The molecule has 0 atom stereocenters. The molecular formula is C25H15F4N3O6S. The third-order valence-electron chi connectivity index (χ3n) is 5.21. The molecule has 1 saturated heterocycles. The van der Waals surface area contributed by atoms with Gasteiger partial charge in [0.15, 0.2) is 0 Å². The van der Waals surface area contributed by atoms with Crippen molar-refractivity contribution < 1.29 is 41.6 Å². The normalized spacial score (nSPS) is 14.6. The van der Waals surface area contributed by atoms with Crippen molar-refractivity contribution in [1.82, 2.24) is 4.90 Å². The van der Waals surface area contributed by atoms with E-state index in [9.17, 15) is 42.1 Å². The Morgan fingerprint density at radius 1 is 1.05 bits per heavy atom. The Bertz CT molecular complexity index is 1510. The van der Waals surface area contributed by atoms with E-state index < -0.39 is 57.5 Å². The lowest BCUT2D eigenvalue weighted by molar-refractivity contribution is -0.385. The number of halogens is 4. The van der Waals surface area contributed by atoms with E-state index in [1.54, 1.807) is 6.07 Å². The zero-order valence-corrected chi connectivity index (χ0v) is 20.2. The molecule has 0 aliphatic carbocycles. The maximum absolute atomic E-state index is 13.0. The summed E-state index contributed by atoms with van der Waals surface area (Å²) < 4.78 is 57.6. The van der Waals surface area contributed by atoms with Crippen molar-refractivity contribution in [3.8, 4) is 11.5 Å². The quantitative estimate of drug-likeness (QED) is 0.157. The molecule has 0 radical (unpaired) electrons. The summed E-state index contributed by atoms with van der Waals surface area (Å²) in [7, 11) is 0. The molecule has 3 aromatic rings. The van der Waals surface area contributed by atoms with E-state index in [0.29, 0.717) is 28.8 Å². The van der Waals surface area contributed by atoms with Crippen LogP contribution in [0.5, 0.6) is 11.5 Å². The van der Waals surface area contributed by atoms with E-state index >= 15 is 0 Å². The van der Waals surface area contributed by atoms with Gasteiger partial charge in [0.05, 0.1) is 15.4 Å². The topological polar surface area (TPSA) is 119 Å². The van der Waals surface area contributed by atoms with Crippen LogP contribution in [0.1, 0.15) is 11.1 Å². The van der Waals surface area contributed by atoms with Gasteiger partial charge in [0, 0.05) is 17.3 Å². The minimum atomic E-state index is -4.81. The zero-order valence-electron chi connectivity index (χ0n) is 19.4. The van der Waals surface area contributed by atoms with Gasteiger partial charge in [-0.15, -0.1) is 0 Å². The molecular weight excluding hydrogens is 546 g/mol. The van der Waals surface area contributed by atoms with Crippen LogP contribution in [0.15, 0.2) is 71.6 Å². The van der Waals surface area contributed by atoms with Gasteiger partial charge in [-0.25, -0.2) is 4.39 Å². The molecule has 1 N–H and O–H groups in total. The summed E-state index contributed by atoms with van der Waals surface area (Å²) >= 11 is 0.535. The lowest BCUT2D eigenvalue weighted by atomic mass is 10.1. The number of ether oxygens (including phenoxy) is 1. The van der Waals surface area contributed by atoms with Crippen molar-refractivity contribution in [2.45, 2.75) is 6.18 Å². The first-order valence-electron chi connectivity index (χ1n) is 10.9. The number of amides is 3. The molecule has 0 spiro atoms. The average Bonchev–Trinajstić information content (AvgIpc) is 3.13. The molecule has 9 nitrogen and oxygen atoms in total. The van der Waals surface area contributed by atoms with Crippen LogP contribution >= 0.6 is 11.8 Å². The number of alkyl halides is 3. The number of carbonyl (C=O) groups excluding carboxylic acids is 3. The first-order chi connectivity index (χ1) is 18.4. The highest BCUT2D eigenvalue weighted by Gasteiger charge is 2.37. The molecule has 1 aliphatic rings. The predicted octanol–water partition coefficient (Wildman–Crippen LogP) is 6.22. The van der Waals surface area contributed by atoms with Gasteiger partial charge in [0.1, 0.15) is 18.1 Å². The maximum atomic E-state index is 13.0. The Balaban J connectivity index is 1.54. The number of rotatable bonds is 7. The Hall–Kier alpha value is -4.72. The summed E-state index contributed by atoms with van der Waals surface area (Å²) in [6.07, 6.45) is -3.55. The Morgan fingerprint density at radius 2 is 1.74 bits per heavy atom. The molecule has 1 aliphatic heterocycles. The van der Waals surface area contributed by atoms with Crippen molar-refractivity contribution in [1.29, 1.82) is 0 Å². The molecule has 3 amide bonds. The summed E-state index contributed by atoms with van der Waals surface area (Å²) in [4.78, 5) is 48.6. The molecule has 0 aromatic heterocycles. The van der Waals surface area contributed by atoms with E-state index in [2.05, 4.69) is 5.32 Å². The first-order valence-corrected chi connectivity index (χ1v) is 11.7. The van der Waals surface area contributed by atoms with E-state index in [-0.39, 0.29) is 21.9 Å². The van der Waals surface area contributed by atoms with Crippen LogP contribution in [-0.2, 0) is 15.8 Å². The standard InChI is InChI=1S/C25H15F4N3O6S/c26-16-6-8-17(9-7-16)30-22(33)13-31-23(34)21(39-24(31)35)11-14-3-1-2-4-19(14)38-20-10-5-15(25(27,28)29)12-18(20)32(36)37/h1-12H,13H2,(H,30,33)/b21-11+. The van der Waals surface area contributed by atoms with Gasteiger partial charge in [-0.05, 0) is 60.3 Å². The lowest BCUT2D eigenvalue weighted by Crippen LogP contribution is -2.36. The molecule has 4 rings (SSSR count). The number of nitrogens with zero attached hydrogens (tertiary/aromatic N) is 2. The molecule has 0 bridgehead atoms. The van der Waals surface area contributed by atoms with Crippen LogP contribution in [0.2, 0.25) is 0 Å². The number of nitrogens with one attached hydrogen (secondary N) is 1.